The standard InChI is InChI=1S/C15H14BrF2NO/c16-12-6-3-5-10(14(12)18)15(20)11(8-19)9-4-1-2-7-13(9)17/h1-7,11,15,20H,8,19H2. The SMILES string of the molecule is NCC(c1ccccc1F)C(O)c1cccc(Br)c1F. The molecule has 0 aliphatic carbocycles. The van der Waals surface area contributed by atoms with Gasteiger partial charge in [-0.05, 0) is 33.6 Å². The lowest BCUT2D eigenvalue weighted by atomic mass is 9.88. The van der Waals surface area contributed by atoms with Gasteiger partial charge in [0.2, 0.25) is 0 Å². The van der Waals surface area contributed by atoms with Crippen molar-refractivity contribution >= 4 is 15.9 Å². The quantitative estimate of drug-likeness (QED) is 0.893. The molecule has 0 amide bonds. The topological polar surface area (TPSA) is 46.2 Å². The normalized spacial score (nSPS) is 14.1. The van der Waals surface area contributed by atoms with Crippen LogP contribution in [0.5, 0.6) is 0 Å². The molecule has 0 saturated heterocycles. The van der Waals surface area contributed by atoms with Crippen molar-refractivity contribution in [2.24, 2.45) is 5.73 Å². The number of nitrogens with two attached hydrogens (primary N) is 1. The van der Waals surface area contributed by atoms with E-state index in [1.807, 2.05) is 0 Å². The van der Waals surface area contributed by atoms with Crippen molar-refractivity contribution < 1.29 is 13.9 Å². The summed E-state index contributed by atoms with van der Waals surface area (Å²) < 4.78 is 28.1. The van der Waals surface area contributed by atoms with Gasteiger partial charge in [0.25, 0.3) is 0 Å². The van der Waals surface area contributed by atoms with Crippen molar-refractivity contribution in [3.63, 3.8) is 0 Å². The molecule has 2 aromatic carbocycles. The molecule has 3 N–H and O–H groups in total. The van der Waals surface area contributed by atoms with Crippen molar-refractivity contribution in [2.75, 3.05) is 6.54 Å². The van der Waals surface area contributed by atoms with Crippen LogP contribution in [0.2, 0.25) is 0 Å². The van der Waals surface area contributed by atoms with Crippen LogP contribution in [0.15, 0.2) is 46.9 Å². The summed E-state index contributed by atoms with van der Waals surface area (Å²) in [6.45, 7) is 0.00799. The Morgan fingerprint density at radius 2 is 1.70 bits per heavy atom. The number of halogens is 3. The van der Waals surface area contributed by atoms with Gasteiger partial charge in [0, 0.05) is 18.0 Å². The second kappa shape index (κ2) is 6.43. The molecule has 2 rings (SSSR count). The summed E-state index contributed by atoms with van der Waals surface area (Å²) in [6.07, 6.45) is -1.21. The van der Waals surface area contributed by atoms with Gasteiger partial charge in [0.1, 0.15) is 11.6 Å². The highest BCUT2D eigenvalue weighted by atomic mass is 79.9. The minimum atomic E-state index is -1.21. The zero-order chi connectivity index (χ0) is 14.7. The fraction of sp³-hybridized carbons (Fsp3) is 0.200. The van der Waals surface area contributed by atoms with E-state index >= 15 is 0 Å². The first-order chi connectivity index (χ1) is 9.56. The maximum Gasteiger partial charge on any atom is 0.143 e. The Hall–Kier alpha value is -1.30. The van der Waals surface area contributed by atoms with E-state index in [1.165, 1.54) is 18.2 Å². The van der Waals surface area contributed by atoms with E-state index in [0.717, 1.165) is 0 Å². The Balaban J connectivity index is 2.42. The van der Waals surface area contributed by atoms with Gasteiger partial charge in [-0.1, -0.05) is 30.3 Å². The molecule has 2 atom stereocenters. The van der Waals surface area contributed by atoms with E-state index in [1.54, 1.807) is 24.3 Å². The molecular formula is C15H14BrF2NO. The molecule has 0 radical (unpaired) electrons. The third kappa shape index (κ3) is 2.90. The lowest BCUT2D eigenvalue weighted by Gasteiger charge is -2.23. The van der Waals surface area contributed by atoms with Crippen molar-refractivity contribution in [3.05, 3.63) is 69.7 Å². The number of hydrogen-bond donors (Lipinski definition) is 2. The van der Waals surface area contributed by atoms with Crippen molar-refractivity contribution in [3.8, 4) is 0 Å². The second-order valence-corrected chi connectivity index (χ2v) is 5.31. The Kier molecular flexibility index (Phi) is 4.86. The van der Waals surface area contributed by atoms with Gasteiger partial charge in [0.15, 0.2) is 0 Å². The Morgan fingerprint density at radius 1 is 1.05 bits per heavy atom. The molecule has 0 bridgehead atoms. The zero-order valence-electron chi connectivity index (χ0n) is 10.6. The van der Waals surface area contributed by atoms with Crippen LogP contribution < -0.4 is 5.73 Å². The van der Waals surface area contributed by atoms with Crippen LogP contribution in [0.1, 0.15) is 23.1 Å². The van der Waals surface area contributed by atoms with Gasteiger partial charge in [-0.2, -0.15) is 0 Å². The van der Waals surface area contributed by atoms with Gasteiger partial charge in [-0.3, -0.25) is 0 Å². The minimum Gasteiger partial charge on any atom is -0.388 e. The van der Waals surface area contributed by atoms with Gasteiger partial charge in [-0.15, -0.1) is 0 Å². The fourth-order valence-electron chi connectivity index (χ4n) is 2.17. The van der Waals surface area contributed by atoms with Crippen molar-refractivity contribution in [1.82, 2.24) is 0 Å². The van der Waals surface area contributed by atoms with Crippen LogP contribution in [0.25, 0.3) is 0 Å². The summed E-state index contributed by atoms with van der Waals surface area (Å²) in [7, 11) is 0. The molecule has 0 fully saturated rings. The number of benzene rings is 2. The maximum absolute atomic E-state index is 14.0. The average molecular weight is 342 g/mol. The van der Waals surface area contributed by atoms with Gasteiger partial charge < -0.3 is 10.8 Å². The largest absolute Gasteiger partial charge is 0.388 e. The van der Waals surface area contributed by atoms with Gasteiger partial charge in [0.05, 0.1) is 10.6 Å². The highest BCUT2D eigenvalue weighted by Gasteiger charge is 2.26. The zero-order valence-corrected chi connectivity index (χ0v) is 12.1. The summed E-state index contributed by atoms with van der Waals surface area (Å²) in [5, 5.41) is 10.4. The maximum atomic E-state index is 14.0. The summed E-state index contributed by atoms with van der Waals surface area (Å²) in [4.78, 5) is 0. The Labute approximate surface area is 124 Å². The molecule has 0 aromatic heterocycles. The van der Waals surface area contributed by atoms with E-state index in [9.17, 15) is 13.9 Å². The van der Waals surface area contributed by atoms with Crippen molar-refractivity contribution in [2.45, 2.75) is 12.0 Å². The first kappa shape index (κ1) is 15.1. The highest BCUT2D eigenvalue weighted by Crippen LogP contribution is 2.34. The summed E-state index contributed by atoms with van der Waals surface area (Å²) >= 11 is 3.06. The lowest BCUT2D eigenvalue weighted by Crippen LogP contribution is -2.22. The molecular weight excluding hydrogens is 328 g/mol. The number of hydrogen-bond acceptors (Lipinski definition) is 2. The predicted molar refractivity (Wildman–Crippen MR) is 77.3 cm³/mol. The summed E-state index contributed by atoms with van der Waals surface area (Å²) in [5.74, 6) is -1.73. The monoisotopic (exact) mass is 341 g/mol. The van der Waals surface area contributed by atoms with Gasteiger partial charge >= 0.3 is 0 Å². The van der Waals surface area contributed by atoms with Crippen LogP contribution >= 0.6 is 15.9 Å². The number of aliphatic hydroxyl groups is 1. The molecule has 5 heteroatoms. The third-order valence-corrected chi connectivity index (χ3v) is 3.85. The Bertz CT molecular complexity index is 606. The first-order valence-electron chi connectivity index (χ1n) is 6.12. The van der Waals surface area contributed by atoms with Crippen LogP contribution in [-0.4, -0.2) is 11.7 Å². The third-order valence-electron chi connectivity index (χ3n) is 3.24. The molecule has 0 saturated carbocycles. The van der Waals surface area contributed by atoms with Crippen LogP contribution in [-0.2, 0) is 0 Å². The van der Waals surface area contributed by atoms with Crippen LogP contribution in [0, 0.1) is 11.6 Å². The molecule has 0 spiro atoms. The molecule has 20 heavy (non-hydrogen) atoms. The number of aliphatic hydroxyl groups excluding tert-OH is 1. The minimum absolute atomic E-state index is 0.00799. The Morgan fingerprint density at radius 3 is 2.35 bits per heavy atom. The second-order valence-electron chi connectivity index (χ2n) is 4.45. The van der Waals surface area contributed by atoms with E-state index in [0.29, 0.717) is 0 Å². The van der Waals surface area contributed by atoms with Gasteiger partial charge in [-0.25, -0.2) is 8.78 Å². The van der Waals surface area contributed by atoms with Crippen LogP contribution in [0.4, 0.5) is 8.78 Å². The molecule has 0 aliphatic heterocycles. The molecule has 2 nitrogen and oxygen atoms in total. The van der Waals surface area contributed by atoms with E-state index in [2.05, 4.69) is 15.9 Å². The van der Waals surface area contributed by atoms with Crippen molar-refractivity contribution in [1.29, 1.82) is 0 Å². The molecule has 2 unspecified atom stereocenters. The molecule has 2 aromatic rings. The lowest BCUT2D eigenvalue weighted by molar-refractivity contribution is 0.141. The smallest absolute Gasteiger partial charge is 0.143 e. The first-order valence-corrected chi connectivity index (χ1v) is 6.92. The van der Waals surface area contributed by atoms with E-state index in [4.69, 9.17) is 5.73 Å². The fourth-order valence-corrected chi connectivity index (χ4v) is 2.55. The highest BCUT2D eigenvalue weighted by molar-refractivity contribution is 9.10. The average Bonchev–Trinajstić information content (AvgIpc) is 2.44. The summed E-state index contributed by atoms with van der Waals surface area (Å²) in [6, 6.07) is 10.7. The molecule has 0 heterocycles. The summed E-state index contributed by atoms with van der Waals surface area (Å²) in [5.41, 5.74) is 6.01. The predicted octanol–water partition coefficient (Wildman–Crippen LogP) is 3.50. The van der Waals surface area contributed by atoms with E-state index in [-0.39, 0.29) is 22.1 Å². The number of rotatable bonds is 4. The molecule has 106 valence electrons. The van der Waals surface area contributed by atoms with E-state index < -0.39 is 23.7 Å². The molecule has 0 aliphatic rings. The van der Waals surface area contributed by atoms with Crippen LogP contribution in [0.3, 0.4) is 0 Å².